The van der Waals surface area contributed by atoms with Crippen molar-refractivity contribution in [1.82, 2.24) is 5.48 Å². The van der Waals surface area contributed by atoms with Gasteiger partial charge in [-0.3, -0.25) is 10.0 Å². The highest BCUT2D eigenvalue weighted by Crippen LogP contribution is 2.18. The van der Waals surface area contributed by atoms with E-state index in [1.54, 1.807) is 5.48 Å². The Kier molecular flexibility index (Phi) is 5.28. The van der Waals surface area contributed by atoms with Crippen LogP contribution in [0, 0.1) is 0 Å². The van der Waals surface area contributed by atoms with Crippen LogP contribution in [0.3, 0.4) is 0 Å². The third-order valence-corrected chi connectivity index (χ3v) is 4.05. The lowest BCUT2D eigenvalue weighted by Crippen LogP contribution is -2.40. The quantitative estimate of drug-likeness (QED) is 0.477. The van der Waals surface area contributed by atoms with Gasteiger partial charge in [0.15, 0.2) is 0 Å². The van der Waals surface area contributed by atoms with Gasteiger partial charge in [-0.15, -0.1) is 0 Å². The SMILES string of the molecule is NC(Cc1ccc(OCc2ccc3ccccc3c2)cc1)C(=O)NO. The van der Waals surface area contributed by atoms with Gasteiger partial charge in [-0.2, -0.15) is 0 Å². The molecule has 0 radical (unpaired) electrons. The van der Waals surface area contributed by atoms with Crippen LogP contribution in [-0.2, 0) is 17.8 Å². The fraction of sp³-hybridized carbons (Fsp3) is 0.150. The van der Waals surface area contributed by atoms with Crippen molar-refractivity contribution in [2.45, 2.75) is 19.1 Å². The second-order valence-corrected chi connectivity index (χ2v) is 5.90. The number of ether oxygens (including phenoxy) is 1. The van der Waals surface area contributed by atoms with Gasteiger partial charge >= 0.3 is 0 Å². The van der Waals surface area contributed by atoms with Gasteiger partial charge in [-0.05, 0) is 46.5 Å². The van der Waals surface area contributed by atoms with Gasteiger partial charge in [-0.1, -0.05) is 48.5 Å². The predicted octanol–water partition coefficient (Wildman–Crippen LogP) is 2.79. The molecular weight excluding hydrogens is 316 g/mol. The molecule has 25 heavy (non-hydrogen) atoms. The Morgan fingerprint density at radius 3 is 2.40 bits per heavy atom. The minimum Gasteiger partial charge on any atom is -0.489 e. The van der Waals surface area contributed by atoms with Crippen molar-refractivity contribution >= 4 is 16.7 Å². The van der Waals surface area contributed by atoms with Crippen molar-refractivity contribution in [2.75, 3.05) is 0 Å². The van der Waals surface area contributed by atoms with Gasteiger partial charge in [0.25, 0.3) is 5.91 Å². The van der Waals surface area contributed by atoms with Gasteiger partial charge < -0.3 is 10.5 Å². The lowest BCUT2D eigenvalue weighted by Gasteiger charge is -2.11. The maximum Gasteiger partial charge on any atom is 0.260 e. The molecule has 0 aliphatic rings. The van der Waals surface area contributed by atoms with E-state index in [-0.39, 0.29) is 0 Å². The summed E-state index contributed by atoms with van der Waals surface area (Å²) >= 11 is 0. The first-order valence-corrected chi connectivity index (χ1v) is 8.04. The van der Waals surface area contributed by atoms with E-state index in [0.29, 0.717) is 13.0 Å². The Morgan fingerprint density at radius 2 is 1.68 bits per heavy atom. The molecule has 3 rings (SSSR count). The summed E-state index contributed by atoms with van der Waals surface area (Å²) in [7, 11) is 0. The highest BCUT2D eigenvalue weighted by atomic mass is 16.5. The molecule has 3 aromatic carbocycles. The number of fused-ring (bicyclic) bond motifs is 1. The number of carbonyl (C=O) groups excluding carboxylic acids is 1. The Labute approximate surface area is 146 Å². The maximum atomic E-state index is 11.2. The van der Waals surface area contributed by atoms with Gasteiger partial charge in [0.2, 0.25) is 0 Å². The maximum absolute atomic E-state index is 11.2. The zero-order valence-corrected chi connectivity index (χ0v) is 13.7. The van der Waals surface area contributed by atoms with Crippen LogP contribution >= 0.6 is 0 Å². The highest BCUT2D eigenvalue weighted by molar-refractivity contribution is 5.83. The van der Waals surface area contributed by atoms with Crippen molar-refractivity contribution in [3.05, 3.63) is 77.9 Å². The van der Waals surface area contributed by atoms with Crippen LogP contribution in [0.5, 0.6) is 5.75 Å². The van der Waals surface area contributed by atoms with E-state index >= 15 is 0 Å². The van der Waals surface area contributed by atoms with Crippen molar-refractivity contribution < 1.29 is 14.7 Å². The van der Waals surface area contributed by atoms with Crippen LogP contribution in [0.15, 0.2) is 66.7 Å². The highest BCUT2D eigenvalue weighted by Gasteiger charge is 2.12. The minimum atomic E-state index is -0.783. The average Bonchev–Trinajstić information content (AvgIpc) is 2.66. The molecule has 5 heteroatoms. The van der Waals surface area contributed by atoms with E-state index in [4.69, 9.17) is 15.7 Å². The molecule has 3 aromatic rings. The first-order valence-electron chi connectivity index (χ1n) is 8.04. The normalized spacial score (nSPS) is 11.9. The number of nitrogens with two attached hydrogens (primary N) is 1. The molecule has 1 unspecified atom stereocenters. The number of rotatable bonds is 6. The van der Waals surface area contributed by atoms with Crippen molar-refractivity contribution in [3.8, 4) is 5.75 Å². The van der Waals surface area contributed by atoms with E-state index in [1.165, 1.54) is 10.8 Å². The third kappa shape index (κ3) is 4.35. The number of amides is 1. The first-order chi connectivity index (χ1) is 12.2. The molecule has 0 bridgehead atoms. The molecule has 0 aliphatic carbocycles. The Balaban J connectivity index is 1.60. The monoisotopic (exact) mass is 336 g/mol. The molecule has 0 spiro atoms. The van der Waals surface area contributed by atoms with Gasteiger partial charge in [0.05, 0.1) is 6.04 Å². The number of benzene rings is 3. The molecule has 0 fully saturated rings. The van der Waals surface area contributed by atoms with E-state index < -0.39 is 11.9 Å². The molecule has 5 nitrogen and oxygen atoms in total. The first kappa shape index (κ1) is 17.0. The minimum absolute atomic E-state index is 0.345. The van der Waals surface area contributed by atoms with E-state index in [9.17, 15) is 4.79 Å². The Hall–Kier alpha value is -2.89. The van der Waals surface area contributed by atoms with Gasteiger partial charge in [0, 0.05) is 0 Å². The fourth-order valence-electron chi connectivity index (χ4n) is 2.65. The molecule has 0 saturated heterocycles. The predicted molar refractivity (Wildman–Crippen MR) is 96.3 cm³/mol. The summed E-state index contributed by atoms with van der Waals surface area (Å²) in [5.74, 6) is 0.147. The topological polar surface area (TPSA) is 84.6 Å². The zero-order chi connectivity index (χ0) is 17.6. The summed E-state index contributed by atoms with van der Waals surface area (Å²) in [6.45, 7) is 0.483. The molecule has 0 heterocycles. The van der Waals surface area contributed by atoms with Crippen LogP contribution in [0.2, 0.25) is 0 Å². The lowest BCUT2D eigenvalue weighted by molar-refractivity contribution is -0.130. The summed E-state index contributed by atoms with van der Waals surface area (Å²) in [5.41, 5.74) is 9.23. The fourth-order valence-corrected chi connectivity index (χ4v) is 2.65. The van der Waals surface area contributed by atoms with E-state index in [2.05, 4.69) is 30.3 Å². The molecule has 1 amide bonds. The van der Waals surface area contributed by atoms with Crippen LogP contribution in [0.4, 0.5) is 0 Å². The zero-order valence-electron chi connectivity index (χ0n) is 13.7. The lowest BCUT2D eigenvalue weighted by atomic mass is 10.1. The second kappa shape index (κ2) is 7.79. The van der Waals surface area contributed by atoms with Crippen LogP contribution in [-0.4, -0.2) is 17.2 Å². The molecule has 4 N–H and O–H groups in total. The van der Waals surface area contributed by atoms with Gasteiger partial charge in [0.1, 0.15) is 12.4 Å². The second-order valence-electron chi connectivity index (χ2n) is 5.90. The summed E-state index contributed by atoms with van der Waals surface area (Å²) in [4.78, 5) is 11.2. The molecule has 0 aliphatic heterocycles. The summed E-state index contributed by atoms with van der Waals surface area (Å²) < 4.78 is 5.82. The van der Waals surface area contributed by atoms with Crippen molar-refractivity contribution in [3.63, 3.8) is 0 Å². The Morgan fingerprint density at radius 1 is 1.00 bits per heavy atom. The van der Waals surface area contributed by atoms with Gasteiger partial charge in [-0.25, -0.2) is 5.48 Å². The number of nitrogens with one attached hydrogen (secondary N) is 1. The molecular formula is C20H20N2O3. The number of hydrogen-bond acceptors (Lipinski definition) is 4. The van der Waals surface area contributed by atoms with Crippen molar-refractivity contribution in [2.24, 2.45) is 5.73 Å². The molecule has 0 aromatic heterocycles. The number of carbonyl (C=O) groups is 1. The molecule has 0 saturated carbocycles. The summed E-state index contributed by atoms with van der Waals surface area (Å²) in [6, 6.07) is 21.1. The van der Waals surface area contributed by atoms with E-state index in [1.807, 2.05) is 36.4 Å². The van der Waals surface area contributed by atoms with Crippen LogP contribution < -0.4 is 16.0 Å². The van der Waals surface area contributed by atoms with Crippen LogP contribution in [0.25, 0.3) is 10.8 Å². The molecule has 1 atom stereocenters. The third-order valence-electron chi connectivity index (χ3n) is 4.05. The molecule has 128 valence electrons. The number of hydrogen-bond donors (Lipinski definition) is 3. The largest absolute Gasteiger partial charge is 0.489 e. The summed E-state index contributed by atoms with van der Waals surface area (Å²) in [6.07, 6.45) is 0.345. The Bertz CT molecular complexity index is 862. The average molecular weight is 336 g/mol. The number of hydroxylamine groups is 1. The van der Waals surface area contributed by atoms with E-state index in [0.717, 1.165) is 16.9 Å². The standard InChI is InChI=1S/C20H20N2O3/c21-19(20(23)22-24)12-14-6-9-18(10-7-14)25-13-15-5-8-16-3-1-2-4-17(16)11-15/h1-11,19,24H,12-13,21H2,(H,22,23). The van der Waals surface area contributed by atoms with Crippen LogP contribution in [0.1, 0.15) is 11.1 Å². The smallest absolute Gasteiger partial charge is 0.260 e. The van der Waals surface area contributed by atoms with Crippen molar-refractivity contribution in [1.29, 1.82) is 0 Å². The summed E-state index contributed by atoms with van der Waals surface area (Å²) in [5, 5.41) is 11.0.